The molecule has 0 aromatic heterocycles. The first-order chi connectivity index (χ1) is 6.83. The quantitative estimate of drug-likeness (QED) is 0.649. The topological polar surface area (TPSA) is 55.4 Å². The molecule has 0 rings (SSSR count). The third-order valence-electron chi connectivity index (χ3n) is 1.75. The molecule has 0 aliphatic carbocycles. The highest BCUT2D eigenvalue weighted by Gasteiger charge is 2.11. The van der Waals surface area contributed by atoms with Crippen LogP contribution in [0.3, 0.4) is 0 Å². The second-order valence-corrected chi connectivity index (χ2v) is 6.26. The molecule has 0 bridgehead atoms. The largest absolute Gasteiger partial charge is 0.380 e. The summed E-state index contributed by atoms with van der Waals surface area (Å²) in [5, 5.41) is 0. The number of hydrogen-bond acceptors (Lipinski definition) is 3. The summed E-state index contributed by atoms with van der Waals surface area (Å²) >= 11 is 0. The van der Waals surface area contributed by atoms with Gasteiger partial charge in [-0.2, -0.15) is 0 Å². The molecule has 0 aromatic rings. The van der Waals surface area contributed by atoms with Gasteiger partial charge in [-0.05, 0) is 26.2 Å². The molecule has 0 spiro atoms. The molecule has 15 heavy (non-hydrogen) atoms. The molecule has 0 aliphatic heterocycles. The summed E-state index contributed by atoms with van der Waals surface area (Å²) in [5.74, 6) is 0.638. The monoisotopic (exact) mass is 237 g/mol. The van der Waals surface area contributed by atoms with Crippen LogP contribution in [0.5, 0.6) is 0 Å². The van der Waals surface area contributed by atoms with Gasteiger partial charge in [-0.25, -0.2) is 13.1 Å². The maximum Gasteiger partial charge on any atom is 0.214 e. The van der Waals surface area contributed by atoms with Crippen molar-refractivity contribution in [3.8, 4) is 0 Å². The second kappa shape index (κ2) is 7.19. The lowest BCUT2D eigenvalue weighted by Gasteiger charge is -2.10. The zero-order chi connectivity index (χ0) is 11.9. The van der Waals surface area contributed by atoms with E-state index >= 15 is 0 Å². The highest BCUT2D eigenvalue weighted by atomic mass is 32.2. The molecule has 0 aliphatic rings. The van der Waals surface area contributed by atoms with E-state index in [-0.39, 0.29) is 18.4 Å². The average Bonchev–Trinajstić information content (AvgIpc) is 1.99. The summed E-state index contributed by atoms with van der Waals surface area (Å²) in [5.41, 5.74) is 0. The lowest BCUT2D eigenvalue weighted by Crippen LogP contribution is -2.33. The van der Waals surface area contributed by atoms with E-state index in [1.807, 2.05) is 0 Å². The standard InChI is InChI=1S/C10H23NO3S/c1-9(2)5-6-14-7-8-15(12,13)11-10(3)4/h9-11H,5-8H2,1-4H3. The summed E-state index contributed by atoms with van der Waals surface area (Å²) in [7, 11) is -3.16. The molecule has 92 valence electrons. The number of sulfonamides is 1. The van der Waals surface area contributed by atoms with Gasteiger partial charge in [0.05, 0.1) is 12.4 Å². The number of rotatable bonds is 8. The molecule has 0 fully saturated rings. The first-order valence-electron chi connectivity index (χ1n) is 5.41. The maximum absolute atomic E-state index is 11.3. The molecule has 0 heterocycles. The van der Waals surface area contributed by atoms with E-state index in [4.69, 9.17) is 4.74 Å². The zero-order valence-electron chi connectivity index (χ0n) is 10.1. The van der Waals surface area contributed by atoms with Crippen LogP contribution in [0.4, 0.5) is 0 Å². The zero-order valence-corrected chi connectivity index (χ0v) is 10.9. The first-order valence-corrected chi connectivity index (χ1v) is 7.06. The Labute approximate surface area is 93.4 Å². The summed E-state index contributed by atoms with van der Waals surface area (Å²) in [6.07, 6.45) is 0.970. The summed E-state index contributed by atoms with van der Waals surface area (Å²) in [6, 6.07) is -0.0503. The van der Waals surface area contributed by atoms with Crippen molar-refractivity contribution < 1.29 is 13.2 Å². The van der Waals surface area contributed by atoms with Crippen LogP contribution in [-0.2, 0) is 14.8 Å². The molecule has 0 aromatic carbocycles. The Morgan fingerprint density at radius 2 is 1.73 bits per heavy atom. The van der Waals surface area contributed by atoms with Crippen LogP contribution < -0.4 is 4.72 Å². The fraction of sp³-hybridized carbons (Fsp3) is 1.00. The molecule has 0 radical (unpaired) electrons. The molecule has 1 N–H and O–H groups in total. The predicted molar refractivity (Wildman–Crippen MR) is 62.3 cm³/mol. The Morgan fingerprint density at radius 1 is 1.13 bits per heavy atom. The van der Waals surface area contributed by atoms with Crippen LogP contribution in [0.2, 0.25) is 0 Å². The highest BCUT2D eigenvalue weighted by Crippen LogP contribution is 1.99. The average molecular weight is 237 g/mol. The maximum atomic E-state index is 11.3. The van der Waals surface area contributed by atoms with E-state index in [1.165, 1.54) is 0 Å². The molecule has 0 saturated carbocycles. The van der Waals surface area contributed by atoms with E-state index in [9.17, 15) is 8.42 Å². The number of nitrogens with one attached hydrogen (secondary N) is 1. The molecular formula is C10H23NO3S. The van der Waals surface area contributed by atoms with Crippen LogP contribution >= 0.6 is 0 Å². The van der Waals surface area contributed by atoms with Gasteiger partial charge in [-0.3, -0.25) is 0 Å². The molecule has 0 atom stereocenters. The van der Waals surface area contributed by atoms with Gasteiger partial charge in [0.15, 0.2) is 0 Å². The van der Waals surface area contributed by atoms with Gasteiger partial charge >= 0.3 is 0 Å². The highest BCUT2D eigenvalue weighted by molar-refractivity contribution is 7.89. The number of hydrogen-bond donors (Lipinski definition) is 1. The van der Waals surface area contributed by atoms with Gasteiger partial charge in [0.25, 0.3) is 0 Å². The van der Waals surface area contributed by atoms with E-state index < -0.39 is 10.0 Å². The summed E-state index contributed by atoms with van der Waals surface area (Å²) < 4.78 is 30.4. The van der Waals surface area contributed by atoms with E-state index in [0.717, 1.165) is 6.42 Å². The minimum absolute atomic E-state index is 0.0449. The van der Waals surface area contributed by atoms with Crippen molar-refractivity contribution in [2.24, 2.45) is 5.92 Å². The van der Waals surface area contributed by atoms with E-state index in [1.54, 1.807) is 13.8 Å². The van der Waals surface area contributed by atoms with Gasteiger partial charge in [0.1, 0.15) is 0 Å². The van der Waals surface area contributed by atoms with Crippen molar-refractivity contribution in [2.45, 2.75) is 40.2 Å². The van der Waals surface area contributed by atoms with Crippen molar-refractivity contribution >= 4 is 10.0 Å². The van der Waals surface area contributed by atoms with Crippen LogP contribution in [0.1, 0.15) is 34.1 Å². The van der Waals surface area contributed by atoms with Crippen LogP contribution in [0, 0.1) is 5.92 Å². The first kappa shape index (κ1) is 14.9. The Hall–Kier alpha value is -0.130. The lowest BCUT2D eigenvalue weighted by atomic mass is 10.1. The molecule has 0 saturated heterocycles. The van der Waals surface area contributed by atoms with Crippen LogP contribution in [0.15, 0.2) is 0 Å². The normalized spacial score (nSPS) is 12.7. The van der Waals surface area contributed by atoms with Crippen molar-refractivity contribution in [3.63, 3.8) is 0 Å². The molecule has 5 heteroatoms. The fourth-order valence-corrected chi connectivity index (χ4v) is 2.18. The Morgan fingerprint density at radius 3 is 2.20 bits per heavy atom. The van der Waals surface area contributed by atoms with Crippen LogP contribution in [0.25, 0.3) is 0 Å². The third kappa shape index (κ3) is 10.2. The minimum Gasteiger partial charge on any atom is -0.380 e. The van der Waals surface area contributed by atoms with Gasteiger partial charge < -0.3 is 4.74 Å². The molecule has 0 amide bonds. The van der Waals surface area contributed by atoms with E-state index in [0.29, 0.717) is 12.5 Å². The SMILES string of the molecule is CC(C)CCOCCS(=O)(=O)NC(C)C. The Bertz CT molecular complexity index is 247. The summed E-state index contributed by atoms with van der Waals surface area (Å²) in [6.45, 7) is 8.73. The van der Waals surface area contributed by atoms with E-state index in [2.05, 4.69) is 18.6 Å². The van der Waals surface area contributed by atoms with Crippen molar-refractivity contribution in [1.29, 1.82) is 0 Å². The Kier molecular flexibility index (Phi) is 7.13. The van der Waals surface area contributed by atoms with Crippen molar-refractivity contribution in [2.75, 3.05) is 19.0 Å². The predicted octanol–water partition coefficient (Wildman–Crippen LogP) is 1.38. The minimum atomic E-state index is -3.16. The fourth-order valence-electron chi connectivity index (χ4n) is 1.01. The van der Waals surface area contributed by atoms with Crippen molar-refractivity contribution in [3.05, 3.63) is 0 Å². The third-order valence-corrected chi connectivity index (χ3v) is 3.29. The molecule has 4 nitrogen and oxygen atoms in total. The van der Waals surface area contributed by atoms with Gasteiger partial charge in [0, 0.05) is 12.6 Å². The van der Waals surface area contributed by atoms with Crippen LogP contribution in [-0.4, -0.2) is 33.4 Å². The van der Waals surface area contributed by atoms with Gasteiger partial charge in [-0.1, -0.05) is 13.8 Å². The lowest BCUT2D eigenvalue weighted by molar-refractivity contribution is 0.137. The molecular weight excluding hydrogens is 214 g/mol. The van der Waals surface area contributed by atoms with Gasteiger partial charge in [0.2, 0.25) is 10.0 Å². The number of ether oxygens (including phenoxy) is 1. The smallest absolute Gasteiger partial charge is 0.214 e. The summed E-state index contributed by atoms with van der Waals surface area (Å²) in [4.78, 5) is 0. The second-order valence-electron chi connectivity index (χ2n) is 4.39. The van der Waals surface area contributed by atoms with Gasteiger partial charge in [-0.15, -0.1) is 0 Å². The molecule has 0 unspecified atom stereocenters. The Balaban J connectivity index is 3.58. The van der Waals surface area contributed by atoms with Crippen molar-refractivity contribution in [1.82, 2.24) is 4.72 Å².